The van der Waals surface area contributed by atoms with Gasteiger partial charge in [0.25, 0.3) is 0 Å². The summed E-state index contributed by atoms with van der Waals surface area (Å²) in [6.45, 7) is 2.44. The summed E-state index contributed by atoms with van der Waals surface area (Å²) in [4.78, 5) is 27.7. The number of carbonyl (C=O) groups is 1. The predicted octanol–water partition coefficient (Wildman–Crippen LogP) is 2.45. The van der Waals surface area contributed by atoms with E-state index in [-0.39, 0.29) is 5.91 Å². The number of fused-ring (bicyclic) bond motifs is 1. The van der Waals surface area contributed by atoms with Crippen molar-refractivity contribution in [3.05, 3.63) is 35.8 Å². The van der Waals surface area contributed by atoms with Gasteiger partial charge in [0.2, 0.25) is 5.91 Å². The average molecular weight is 337 g/mol. The summed E-state index contributed by atoms with van der Waals surface area (Å²) >= 11 is 0. The van der Waals surface area contributed by atoms with Gasteiger partial charge in [-0.15, -0.1) is 0 Å². The van der Waals surface area contributed by atoms with Crippen LogP contribution >= 0.6 is 0 Å². The van der Waals surface area contributed by atoms with Crippen LogP contribution in [0.15, 0.2) is 24.5 Å². The molecule has 0 bridgehead atoms. The minimum atomic E-state index is 0.241. The zero-order chi connectivity index (χ0) is 17.1. The lowest BCUT2D eigenvalue weighted by atomic mass is 10.2. The zero-order valence-corrected chi connectivity index (χ0v) is 14.4. The van der Waals surface area contributed by atoms with Crippen LogP contribution in [0.3, 0.4) is 0 Å². The molecule has 2 aromatic heterocycles. The van der Waals surface area contributed by atoms with Gasteiger partial charge in [-0.1, -0.05) is 0 Å². The highest BCUT2D eigenvalue weighted by molar-refractivity contribution is 5.77. The molecule has 0 saturated carbocycles. The summed E-state index contributed by atoms with van der Waals surface area (Å²) in [6.07, 6.45) is 9.42. The van der Waals surface area contributed by atoms with Crippen molar-refractivity contribution >= 4 is 11.7 Å². The number of aromatic nitrogens is 3. The Balaban J connectivity index is 1.48. The Morgan fingerprint density at radius 3 is 2.68 bits per heavy atom. The largest absolute Gasteiger partial charge is 0.369 e. The number of aryl methyl sites for hydroxylation is 1. The molecule has 1 saturated heterocycles. The van der Waals surface area contributed by atoms with Crippen LogP contribution < -0.4 is 5.32 Å². The molecule has 0 spiro atoms. The van der Waals surface area contributed by atoms with E-state index in [1.807, 2.05) is 17.0 Å². The summed E-state index contributed by atoms with van der Waals surface area (Å²) in [7, 11) is 0. The van der Waals surface area contributed by atoms with E-state index in [9.17, 15) is 4.79 Å². The Kier molecular flexibility index (Phi) is 4.59. The Bertz CT molecular complexity index is 756. The Morgan fingerprint density at radius 1 is 1.08 bits per heavy atom. The number of hydrogen-bond donors (Lipinski definition) is 1. The molecular formula is C19H23N5O. The van der Waals surface area contributed by atoms with E-state index in [0.29, 0.717) is 13.0 Å². The number of rotatable bonds is 5. The van der Waals surface area contributed by atoms with Gasteiger partial charge in [0.1, 0.15) is 5.82 Å². The van der Waals surface area contributed by atoms with Crippen LogP contribution in [0.4, 0.5) is 5.82 Å². The van der Waals surface area contributed by atoms with Crippen molar-refractivity contribution < 1.29 is 4.79 Å². The van der Waals surface area contributed by atoms with E-state index in [4.69, 9.17) is 9.97 Å². The minimum absolute atomic E-state index is 0.241. The fourth-order valence-corrected chi connectivity index (χ4v) is 3.62. The Morgan fingerprint density at radius 2 is 1.88 bits per heavy atom. The van der Waals surface area contributed by atoms with Crippen molar-refractivity contribution in [3.8, 4) is 11.4 Å². The standard InChI is InChI=1S/C19H23N5O/c25-17(24-12-1-2-13-24)8-11-21-19-15-4-3-5-16(15)22-18(23-19)14-6-9-20-10-7-14/h6-7,9-10H,1-5,8,11-13H2,(H,21,22,23). The highest BCUT2D eigenvalue weighted by Gasteiger charge is 2.21. The van der Waals surface area contributed by atoms with Gasteiger partial charge in [-0.25, -0.2) is 9.97 Å². The van der Waals surface area contributed by atoms with Crippen molar-refractivity contribution in [2.75, 3.05) is 25.0 Å². The smallest absolute Gasteiger partial charge is 0.224 e. The molecule has 2 aliphatic rings. The summed E-state index contributed by atoms with van der Waals surface area (Å²) in [5.41, 5.74) is 3.32. The van der Waals surface area contributed by atoms with E-state index < -0.39 is 0 Å². The molecule has 6 nitrogen and oxygen atoms in total. The van der Waals surface area contributed by atoms with Gasteiger partial charge < -0.3 is 10.2 Å². The quantitative estimate of drug-likeness (QED) is 0.907. The maximum absolute atomic E-state index is 12.2. The first-order valence-corrected chi connectivity index (χ1v) is 9.13. The van der Waals surface area contributed by atoms with E-state index in [0.717, 1.165) is 68.1 Å². The highest BCUT2D eigenvalue weighted by atomic mass is 16.2. The van der Waals surface area contributed by atoms with Crippen molar-refractivity contribution in [1.82, 2.24) is 19.9 Å². The fourth-order valence-electron chi connectivity index (χ4n) is 3.62. The van der Waals surface area contributed by atoms with Crippen LogP contribution in [0.2, 0.25) is 0 Å². The molecule has 25 heavy (non-hydrogen) atoms. The molecule has 0 unspecified atom stereocenters. The second-order valence-electron chi connectivity index (χ2n) is 6.68. The molecule has 130 valence electrons. The lowest BCUT2D eigenvalue weighted by Crippen LogP contribution is -2.29. The lowest BCUT2D eigenvalue weighted by Gasteiger charge is -2.16. The predicted molar refractivity (Wildman–Crippen MR) is 96.2 cm³/mol. The van der Waals surface area contributed by atoms with Crippen LogP contribution in [-0.2, 0) is 17.6 Å². The summed E-state index contributed by atoms with van der Waals surface area (Å²) in [5.74, 6) is 1.87. The molecule has 2 aromatic rings. The first-order chi connectivity index (χ1) is 12.3. The van der Waals surface area contributed by atoms with Gasteiger partial charge in [-0.3, -0.25) is 9.78 Å². The molecule has 1 aliphatic carbocycles. The molecule has 0 atom stereocenters. The number of nitrogens with one attached hydrogen (secondary N) is 1. The van der Waals surface area contributed by atoms with Gasteiger partial charge in [-0.05, 0) is 44.2 Å². The Hall–Kier alpha value is -2.50. The monoisotopic (exact) mass is 337 g/mol. The number of likely N-dealkylation sites (tertiary alicyclic amines) is 1. The summed E-state index contributed by atoms with van der Waals surface area (Å²) in [5, 5.41) is 3.40. The van der Waals surface area contributed by atoms with Crippen LogP contribution in [-0.4, -0.2) is 45.4 Å². The van der Waals surface area contributed by atoms with Crippen LogP contribution in [0, 0.1) is 0 Å². The first-order valence-electron chi connectivity index (χ1n) is 9.13. The second-order valence-corrected chi connectivity index (χ2v) is 6.68. The minimum Gasteiger partial charge on any atom is -0.369 e. The maximum atomic E-state index is 12.2. The van der Waals surface area contributed by atoms with Gasteiger partial charge in [-0.2, -0.15) is 0 Å². The molecular weight excluding hydrogens is 314 g/mol. The van der Waals surface area contributed by atoms with E-state index >= 15 is 0 Å². The maximum Gasteiger partial charge on any atom is 0.224 e. The van der Waals surface area contributed by atoms with Crippen molar-refractivity contribution in [3.63, 3.8) is 0 Å². The number of hydrogen-bond acceptors (Lipinski definition) is 5. The van der Waals surface area contributed by atoms with Crippen molar-refractivity contribution in [1.29, 1.82) is 0 Å². The number of nitrogens with zero attached hydrogens (tertiary/aromatic N) is 4. The first kappa shape index (κ1) is 16.0. The molecule has 4 rings (SSSR count). The zero-order valence-electron chi connectivity index (χ0n) is 14.4. The number of carbonyl (C=O) groups excluding carboxylic acids is 1. The topological polar surface area (TPSA) is 71.0 Å². The Labute approximate surface area is 147 Å². The van der Waals surface area contributed by atoms with Crippen molar-refractivity contribution in [2.45, 2.75) is 38.5 Å². The third-order valence-electron chi connectivity index (χ3n) is 4.96. The van der Waals surface area contributed by atoms with E-state index in [1.54, 1.807) is 12.4 Å². The van der Waals surface area contributed by atoms with Gasteiger partial charge in [0, 0.05) is 55.3 Å². The molecule has 0 aromatic carbocycles. The van der Waals surface area contributed by atoms with Crippen LogP contribution in [0.25, 0.3) is 11.4 Å². The SMILES string of the molecule is O=C(CCNc1nc(-c2ccncc2)nc2c1CCC2)N1CCCC1. The molecule has 0 radical (unpaired) electrons. The highest BCUT2D eigenvalue weighted by Crippen LogP contribution is 2.29. The number of amides is 1. The third-order valence-corrected chi connectivity index (χ3v) is 4.96. The van der Waals surface area contributed by atoms with E-state index in [1.165, 1.54) is 5.56 Å². The molecule has 1 N–H and O–H groups in total. The molecule has 1 aliphatic heterocycles. The van der Waals surface area contributed by atoms with Gasteiger partial charge >= 0.3 is 0 Å². The van der Waals surface area contributed by atoms with Gasteiger partial charge in [0.05, 0.1) is 0 Å². The average Bonchev–Trinajstić information content (AvgIpc) is 3.34. The lowest BCUT2D eigenvalue weighted by molar-refractivity contribution is -0.129. The third kappa shape index (κ3) is 3.48. The number of pyridine rings is 1. The summed E-state index contributed by atoms with van der Waals surface area (Å²) in [6, 6.07) is 3.86. The van der Waals surface area contributed by atoms with E-state index in [2.05, 4.69) is 10.3 Å². The number of anilines is 1. The van der Waals surface area contributed by atoms with Crippen LogP contribution in [0.5, 0.6) is 0 Å². The van der Waals surface area contributed by atoms with Crippen molar-refractivity contribution in [2.24, 2.45) is 0 Å². The molecule has 3 heterocycles. The molecule has 1 amide bonds. The normalized spacial score (nSPS) is 16.1. The molecule has 1 fully saturated rings. The fraction of sp³-hybridized carbons (Fsp3) is 0.474. The van der Waals surface area contributed by atoms with Crippen LogP contribution in [0.1, 0.15) is 36.9 Å². The second kappa shape index (κ2) is 7.17. The van der Waals surface area contributed by atoms with Gasteiger partial charge in [0.15, 0.2) is 5.82 Å². The summed E-state index contributed by atoms with van der Waals surface area (Å²) < 4.78 is 0. The molecule has 6 heteroatoms.